The van der Waals surface area contributed by atoms with E-state index in [9.17, 15) is 8.42 Å². The topological polar surface area (TPSA) is 79.3 Å². The lowest BCUT2D eigenvalue weighted by molar-refractivity contribution is 0.305. The minimum Gasteiger partial charge on any atom is -0.395 e. The van der Waals surface area contributed by atoms with Crippen LogP contribution in [0.5, 0.6) is 0 Å². The Morgan fingerprint density at radius 1 is 1.38 bits per heavy atom. The monoisotopic (exact) mass is 322 g/mol. The second-order valence-electron chi connectivity index (χ2n) is 4.09. The Morgan fingerprint density at radius 2 is 2.24 bits per heavy atom. The molecule has 7 heteroatoms. The summed E-state index contributed by atoms with van der Waals surface area (Å²) in [6, 6.07) is 5.20. The fourth-order valence-electron chi connectivity index (χ4n) is 1.52. The van der Waals surface area contributed by atoms with Crippen molar-refractivity contribution < 1.29 is 13.5 Å². The van der Waals surface area contributed by atoms with E-state index < -0.39 is 10.0 Å². The predicted molar refractivity (Wildman–Crippen MR) is 81.2 cm³/mol. The zero-order valence-corrected chi connectivity index (χ0v) is 12.7. The largest absolute Gasteiger partial charge is 0.395 e. The highest BCUT2D eigenvalue weighted by atomic mass is 32.2. The molecule has 0 spiro atoms. The van der Waals surface area contributed by atoms with E-state index in [1.165, 1.54) is 29.8 Å². The van der Waals surface area contributed by atoms with Gasteiger partial charge in [0.1, 0.15) is 4.90 Å². The summed E-state index contributed by atoms with van der Waals surface area (Å²) in [6.07, 6.45) is 3.12. The van der Waals surface area contributed by atoms with Gasteiger partial charge >= 0.3 is 0 Å². The van der Waals surface area contributed by atoms with Gasteiger partial charge in [0.15, 0.2) is 0 Å². The number of thiophene rings is 1. The number of hydrogen-bond donors (Lipinski definition) is 2. The van der Waals surface area contributed by atoms with Crippen LogP contribution in [-0.4, -0.2) is 25.1 Å². The number of rotatable bonds is 5. The Hall–Kier alpha value is -1.72. The molecule has 0 radical (unpaired) electrons. The number of nitrogens with zero attached hydrogens (tertiary/aromatic N) is 1. The smallest absolute Gasteiger partial charge is 0.242 e. The van der Waals surface area contributed by atoms with Gasteiger partial charge < -0.3 is 5.11 Å². The van der Waals surface area contributed by atoms with Crippen molar-refractivity contribution in [2.45, 2.75) is 17.9 Å². The third-order valence-corrected chi connectivity index (χ3v) is 4.75. The average molecular weight is 322 g/mol. The molecule has 21 heavy (non-hydrogen) atoms. The maximum atomic E-state index is 12.2. The Kier molecular flexibility index (Phi) is 5.47. The molecule has 0 bridgehead atoms. The third-order valence-electron chi connectivity index (χ3n) is 2.51. The van der Waals surface area contributed by atoms with Crippen molar-refractivity contribution in [1.29, 1.82) is 0 Å². The second kappa shape index (κ2) is 7.33. The summed E-state index contributed by atoms with van der Waals surface area (Å²) in [4.78, 5) is 4.91. The molecular weight excluding hydrogens is 308 g/mol. The molecule has 2 aromatic rings. The maximum Gasteiger partial charge on any atom is 0.242 e. The van der Waals surface area contributed by atoms with E-state index in [1.54, 1.807) is 0 Å². The molecular formula is C14H14N2O3S2. The summed E-state index contributed by atoms with van der Waals surface area (Å²) >= 11 is 1.49. The molecule has 0 aromatic carbocycles. The average Bonchev–Trinajstić information content (AvgIpc) is 2.99. The van der Waals surface area contributed by atoms with E-state index >= 15 is 0 Å². The van der Waals surface area contributed by atoms with Gasteiger partial charge in [-0.1, -0.05) is 17.9 Å². The van der Waals surface area contributed by atoms with E-state index in [4.69, 9.17) is 5.11 Å². The fourth-order valence-corrected chi connectivity index (χ4v) is 3.25. The first-order valence-electron chi connectivity index (χ1n) is 6.18. The van der Waals surface area contributed by atoms with Crippen LogP contribution in [0.15, 0.2) is 40.9 Å². The van der Waals surface area contributed by atoms with Crippen LogP contribution in [0.3, 0.4) is 0 Å². The molecule has 0 amide bonds. The lowest BCUT2D eigenvalue weighted by Crippen LogP contribution is -2.23. The van der Waals surface area contributed by atoms with E-state index in [0.29, 0.717) is 12.0 Å². The molecule has 0 saturated carbocycles. The molecule has 0 aliphatic heterocycles. The normalized spacial score (nSPS) is 10.9. The zero-order chi connectivity index (χ0) is 15.1. The first kappa shape index (κ1) is 15.7. The first-order valence-corrected chi connectivity index (χ1v) is 8.55. The molecule has 0 atom stereocenters. The van der Waals surface area contributed by atoms with Crippen molar-refractivity contribution in [3.8, 4) is 11.8 Å². The molecule has 2 heterocycles. The highest BCUT2D eigenvalue weighted by Crippen LogP contribution is 2.12. The summed E-state index contributed by atoms with van der Waals surface area (Å²) in [5.74, 6) is 5.50. The Bertz CT molecular complexity index is 744. The van der Waals surface area contributed by atoms with E-state index in [2.05, 4.69) is 21.5 Å². The number of nitrogens with one attached hydrogen (secondary N) is 1. The van der Waals surface area contributed by atoms with Crippen molar-refractivity contribution >= 4 is 21.4 Å². The van der Waals surface area contributed by atoms with Crippen molar-refractivity contribution in [3.05, 3.63) is 46.4 Å². The van der Waals surface area contributed by atoms with Gasteiger partial charge in [-0.15, -0.1) is 11.3 Å². The molecule has 2 rings (SSSR count). The second-order valence-corrected chi connectivity index (χ2v) is 6.89. The van der Waals surface area contributed by atoms with Gasteiger partial charge in [-0.05, 0) is 17.5 Å². The minimum atomic E-state index is -3.61. The van der Waals surface area contributed by atoms with Gasteiger partial charge in [-0.25, -0.2) is 13.1 Å². The third kappa shape index (κ3) is 4.65. The Labute approximate surface area is 127 Å². The van der Waals surface area contributed by atoms with E-state index in [1.807, 2.05) is 17.5 Å². The molecule has 0 unspecified atom stereocenters. The zero-order valence-electron chi connectivity index (χ0n) is 11.1. The standard InChI is InChI=1S/C14H14N2O3S2/c17-6-2-1-4-12-8-14(11-15-9-12)21(18,19)16-10-13-5-3-7-20-13/h3,5,7-9,11,16-17H,2,6,10H2. The molecule has 2 N–H and O–H groups in total. The summed E-state index contributed by atoms with van der Waals surface area (Å²) < 4.78 is 26.9. The first-order chi connectivity index (χ1) is 10.1. The summed E-state index contributed by atoms with van der Waals surface area (Å²) in [5.41, 5.74) is 0.502. The van der Waals surface area contributed by atoms with Gasteiger partial charge in [-0.2, -0.15) is 0 Å². The van der Waals surface area contributed by atoms with Crippen LogP contribution >= 0.6 is 11.3 Å². The van der Waals surface area contributed by atoms with Crippen molar-refractivity contribution in [2.24, 2.45) is 0 Å². The highest BCUT2D eigenvalue weighted by Gasteiger charge is 2.14. The van der Waals surface area contributed by atoms with Gasteiger partial charge in [-0.3, -0.25) is 4.98 Å². The highest BCUT2D eigenvalue weighted by molar-refractivity contribution is 7.89. The number of aliphatic hydroxyl groups is 1. The predicted octanol–water partition coefficient (Wildman–Crippen LogP) is 1.36. The van der Waals surface area contributed by atoms with Crippen molar-refractivity contribution in [2.75, 3.05) is 6.61 Å². The van der Waals surface area contributed by atoms with Gasteiger partial charge in [0.2, 0.25) is 10.0 Å². The molecule has 2 aromatic heterocycles. The van der Waals surface area contributed by atoms with Crippen LogP contribution in [0, 0.1) is 11.8 Å². The molecule has 0 fully saturated rings. The molecule has 0 aliphatic carbocycles. The van der Waals surface area contributed by atoms with E-state index in [0.717, 1.165) is 4.88 Å². The van der Waals surface area contributed by atoms with Crippen molar-refractivity contribution in [1.82, 2.24) is 9.71 Å². The molecule has 0 saturated heterocycles. The molecule has 5 nitrogen and oxygen atoms in total. The lowest BCUT2D eigenvalue weighted by Gasteiger charge is -2.05. The SMILES string of the molecule is O=S(=O)(NCc1cccs1)c1cncc(C#CCCO)c1. The van der Waals surface area contributed by atoms with Crippen LogP contribution in [0.25, 0.3) is 0 Å². The van der Waals surface area contributed by atoms with Gasteiger partial charge in [0, 0.05) is 35.8 Å². The number of aliphatic hydroxyl groups excluding tert-OH is 1. The van der Waals surface area contributed by atoms with Crippen molar-refractivity contribution in [3.63, 3.8) is 0 Å². The van der Waals surface area contributed by atoms with Gasteiger partial charge in [0.05, 0.1) is 6.61 Å². The van der Waals surface area contributed by atoms with Crippen LogP contribution in [0.2, 0.25) is 0 Å². The van der Waals surface area contributed by atoms with Crippen LogP contribution in [0.1, 0.15) is 16.9 Å². The summed E-state index contributed by atoms with van der Waals surface area (Å²) in [6.45, 7) is 0.223. The maximum absolute atomic E-state index is 12.2. The lowest BCUT2D eigenvalue weighted by atomic mass is 10.3. The minimum absolute atomic E-state index is 0.0270. The van der Waals surface area contributed by atoms with Crippen LogP contribution < -0.4 is 4.72 Å². The Morgan fingerprint density at radius 3 is 2.95 bits per heavy atom. The van der Waals surface area contributed by atoms with Crippen LogP contribution in [-0.2, 0) is 16.6 Å². The molecule has 110 valence electrons. The Balaban J connectivity index is 2.12. The molecule has 0 aliphatic rings. The number of pyridine rings is 1. The quantitative estimate of drug-likeness (QED) is 0.815. The van der Waals surface area contributed by atoms with E-state index in [-0.39, 0.29) is 18.0 Å². The number of aromatic nitrogens is 1. The summed E-state index contributed by atoms with van der Waals surface area (Å²) in [7, 11) is -3.61. The number of sulfonamides is 1. The van der Waals surface area contributed by atoms with Gasteiger partial charge in [0.25, 0.3) is 0 Å². The summed E-state index contributed by atoms with van der Waals surface area (Å²) in [5, 5.41) is 10.6. The number of hydrogen-bond acceptors (Lipinski definition) is 5. The fraction of sp³-hybridized carbons (Fsp3) is 0.214. The van der Waals surface area contributed by atoms with Crippen LogP contribution in [0.4, 0.5) is 0 Å².